The topological polar surface area (TPSA) is 82.6 Å². The molecule has 0 saturated carbocycles. The van der Waals surface area contributed by atoms with Crippen LogP contribution in [-0.4, -0.2) is 10.7 Å². The summed E-state index contributed by atoms with van der Waals surface area (Å²) in [4.78, 5) is 22.1. The number of furan rings is 1. The van der Waals surface area contributed by atoms with Crippen molar-refractivity contribution in [3.8, 4) is 5.75 Å². The molecule has 0 amide bonds. The highest BCUT2D eigenvalue weighted by Gasteiger charge is 2.06. The number of non-ortho nitro benzene ring substituents is 1. The first kappa shape index (κ1) is 18.1. The van der Waals surface area contributed by atoms with Crippen LogP contribution in [-0.2, 0) is 6.61 Å². The van der Waals surface area contributed by atoms with Gasteiger partial charge < -0.3 is 9.15 Å². The van der Waals surface area contributed by atoms with E-state index in [1.165, 1.54) is 60.7 Å². The zero-order chi connectivity index (χ0) is 19.2. The van der Waals surface area contributed by atoms with E-state index in [4.69, 9.17) is 9.15 Å². The van der Waals surface area contributed by atoms with Crippen LogP contribution in [0.2, 0.25) is 0 Å². The fraction of sp³-hybridized carbons (Fsp3) is 0.0500. The Hall–Kier alpha value is -3.74. The molecule has 3 aromatic rings. The van der Waals surface area contributed by atoms with Gasteiger partial charge in [-0.15, -0.1) is 0 Å². The molecule has 0 atom stereocenters. The molecule has 0 aliphatic carbocycles. The van der Waals surface area contributed by atoms with Crippen LogP contribution in [0, 0.1) is 15.9 Å². The predicted octanol–water partition coefficient (Wildman–Crippen LogP) is 4.80. The monoisotopic (exact) mass is 367 g/mol. The number of ether oxygens (including phenoxy) is 1. The quantitative estimate of drug-likeness (QED) is 0.259. The number of hydrogen-bond donors (Lipinski definition) is 0. The van der Waals surface area contributed by atoms with E-state index in [2.05, 4.69) is 0 Å². The van der Waals surface area contributed by atoms with E-state index in [0.717, 1.165) is 0 Å². The number of hydrogen-bond acceptors (Lipinski definition) is 5. The summed E-state index contributed by atoms with van der Waals surface area (Å²) in [5, 5.41) is 10.6. The second-order valence-corrected chi connectivity index (χ2v) is 5.55. The predicted molar refractivity (Wildman–Crippen MR) is 95.9 cm³/mol. The number of nitrogens with zero attached hydrogens (tertiary/aromatic N) is 1. The summed E-state index contributed by atoms with van der Waals surface area (Å²) in [6.07, 6.45) is 2.86. The van der Waals surface area contributed by atoms with Gasteiger partial charge in [-0.25, -0.2) is 4.39 Å². The van der Waals surface area contributed by atoms with E-state index < -0.39 is 10.7 Å². The Labute approximate surface area is 153 Å². The van der Waals surface area contributed by atoms with Crippen LogP contribution in [0.5, 0.6) is 5.75 Å². The van der Waals surface area contributed by atoms with Gasteiger partial charge in [0.05, 0.1) is 4.92 Å². The number of halogens is 1. The lowest BCUT2D eigenvalue weighted by Crippen LogP contribution is -1.94. The van der Waals surface area contributed by atoms with Gasteiger partial charge in [-0.2, -0.15) is 0 Å². The van der Waals surface area contributed by atoms with Crippen molar-refractivity contribution in [2.75, 3.05) is 0 Å². The molecule has 1 aromatic heterocycles. The summed E-state index contributed by atoms with van der Waals surface area (Å²) in [7, 11) is 0. The van der Waals surface area contributed by atoms with Crippen molar-refractivity contribution in [2.24, 2.45) is 0 Å². The lowest BCUT2D eigenvalue weighted by atomic mass is 10.1. The first-order valence-corrected chi connectivity index (χ1v) is 7.95. The average Bonchev–Trinajstić information content (AvgIpc) is 3.13. The summed E-state index contributed by atoms with van der Waals surface area (Å²) < 4.78 is 23.9. The summed E-state index contributed by atoms with van der Waals surface area (Å²) in [5.74, 6) is 0.796. The molecular formula is C20H14FNO5. The zero-order valence-corrected chi connectivity index (χ0v) is 14.0. The molecule has 0 unspecified atom stereocenters. The van der Waals surface area contributed by atoms with Gasteiger partial charge in [-0.05, 0) is 60.7 Å². The number of carbonyl (C=O) groups is 1. The fourth-order valence-corrected chi connectivity index (χ4v) is 2.25. The van der Waals surface area contributed by atoms with Gasteiger partial charge in [-0.1, -0.05) is 0 Å². The van der Waals surface area contributed by atoms with Gasteiger partial charge in [0.2, 0.25) is 0 Å². The molecule has 1 heterocycles. The Morgan fingerprint density at radius 1 is 1.07 bits per heavy atom. The van der Waals surface area contributed by atoms with Crippen LogP contribution in [0.25, 0.3) is 6.08 Å². The Morgan fingerprint density at radius 3 is 2.44 bits per heavy atom. The van der Waals surface area contributed by atoms with Crippen molar-refractivity contribution >= 4 is 17.5 Å². The summed E-state index contributed by atoms with van der Waals surface area (Å²) in [6, 6.07) is 14.4. The van der Waals surface area contributed by atoms with Crippen LogP contribution in [0.15, 0.2) is 71.2 Å². The third kappa shape index (κ3) is 4.88. The number of nitro groups is 1. The molecule has 27 heavy (non-hydrogen) atoms. The minimum atomic E-state index is -0.484. The van der Waals surface area contributed by atoms with Gasteiger partial charge in [0, 0.05) is 17.7 Å². The third-order valence-electron chi connectivity index (χ3n) is 3.64. The maximum atomic E-state index is 12.9. The van der Waals surface area contributed by atoms with Crippen LogP contribution in [0.3, 0.4) is 0 Å². The first-order chi connectivity index (χ1) is 13.0. The molecule has 0 saturated heterocycles. The molecule has 0 bridgehead atoms. The number of carbonyl (C=O) groups excluding carboxylic acids is 1. The van der Waals surface area contributed by atoms with Crippen molar-refractivity contribution in [1.29, 1.82) is 0 Å². The molecule has 0 spiro atoms. The maximum Gasteiger partial charge on any atom is 0.269 e. The second-order valence-electron chi connectivity index (χ2n) is 5.55. The largest absolute Gasteiger partial charge is 0.486 e. The second kappa shape index (κ2) is 8.09. The van der Waals surface area contributed by atoms with Crippen LogP contribution in [0.4, 0.5) is 10.1 Å². The molecule has 3 rings (SSSR count). The molecule has 0 radical (unpaired) electrons. The molecule has 2 aromatic carbocycles. The van der Waals surface area contributed by atoms with Crippen molar-refractivity contribution in [1.82, 2.24) is 0 Å². The van der Waals surface area contributed by atoms with Crippen LogP contribution < -0.4 is 4.74 Å². The van der Waals surface area contributed by atoms with Crippen molar-refractivity contribution in [3.63, 3.8) is 0 Å². The number of ketones is 1. The number of nitro benzene ring substituents is 1. The Balaban J connectivity index is 1.57. The molecule has 136 valence electrons. The molecule has 0 aliphatic heterocycles. The highest BCUT2D eigenvalue weighted by Crippen LogP contribution is 2.19. The van der Waals surface area contributed by atoms with E-state index in [0.29, 0.717) is 22.8 Å². The highest BCUT2D eigenvalue weighted by molar-refractivity contribution is 6.06. The van der Waals surface area contributed by atoms with Gasteiger partial charge in [0.1, 0.15) is 29.7 Å². The summed E-state index contributed by atoms with van der Waals surface area (Å²) in [6.45, 7) is 0.136. The normalized spacial score (nSPS) is 10.9. The standard InChI is InChI=1S/C20H14FNO5/c21-15-3-1-14(2-4-15)20(23)12-11-18-9-10-19(27-18)13-26-17-7-5-16(6-8-17)22(24)25/h1-12H,13H2/b12-11+. The lowest BCUT2D eigenvalue weighted by Gasteiger charge is -2.03. The molecule has 0 aliphatic rings. The van der Waals surface area contributed by atoms with Gasteiger partial charge in [0.15, 0.2) is 5.78 Å². The molecule has 0 fully saturated rings. The van der Waals surface area contributed by atoms with E-state index in [-0.39, 0.29) is 18.1 Å². The SMILES string of the molecule is O=C(/C=C/c1ccc(COc2ccc([N+](=O)[O-])cc2)o1)c1ccc(F)cc1. The van der Waals surface area contributed by atoms with Crippen LogP contribution >= 0.6 is 0 Å². The Bertz CT molecular complexity index is 974. The molecule has 0 N–H and O–H groups in total. The van der Waals surface area contributed by atoms with Gasteiger partial charge in [-0.3, -0.25) is 14.9 Å². The molecule has 7 heteroatoms. The first-order valence-electron chi connectivity index (χ1n) is 7.95. The minimum absolute atomic E-state index is 0.0152. The van der Waals surface area contributed by atoms with Crippen molar-refractivity contribution in [2.45, 2.75) is 6.61 Å². The van der Waals surface area contributed by atoms with E-state index >= 15 is 0 Å². The average molecular weight is 367 g/mol. The smallest absolute Gasteiger partial charge is 0.269 e. The van der Waals surface area contributed by atoms with E-state index in [1.807, 2.05) is 0 Å². The molecule has 6 nitrogen and oxygen atoms in total. The Kier molecular flexibility index (Phi) is 5.41. The van der Waals surface area contributed by atoms with Gasteiger partial charge in [0.25, 0.3) is 5.69 Å². The summed E-state index contributed by atoms with van der Waals surface area (Å²) in [5.41, 5.74) is 0.361. The highest BCUT2D eigenvalue weighted by atomic mass is 19.1. The maximum absolute atomic E-state index is 12.9. The Morgan fingerprint density at radius 2 is 1.78 bits per heavy atom. The van der Waals surface area contributed by atoms with E-state index in [1.54, 1.807) is 12.1 Å². The van der Waals surface area contributed by atoms with Crippen molar-refractivity contribution < 1.29 is 23.3 Å². The summed E-state index contributed by atoms with van der Waals surface area (Å²) >= 11 is 0. The number of allylic oxidation sites excluding steroid dienone is 1. The number of rotatable bonds is 7. The van der Waals surface area contributed by atoms with Crippen LogP contribution in [0.1, 0.15) is 21.9 Å². The fourth-order valence-electron chi connectivity index (χ4n) is 2.25. The zero-order valence-electron chi connectivity index (χ0n) is 14.0. The minimum Gasteiger partial charge on any atom is -0.486 e. The number of benzene rings is 2. The molecular weight excluding hydrogens is 353 g/mol. The lowest BCUT2D eigenvalue weighted by molar-refractivity contribution is -0.384. The van der Waals surface area contributed by atoms with E-state index in [9.17, 15) is 19.3 Å². The van der Waals surface area contributed by atoms with Gasteiger partial charge >= 0.3 is 0 Å². The van der Waals surface area contributed by atoms with Crippen molar-refractivity contribution in [3.05, 3.63) is 99.8 Å². The third-order valence-corrected chi connectivity index (χ3v) is 3.64.